The molecule has 2 fully saturated rings. The van der Waals surface area contributed by atoms with Crippen LogP contribution in [0.1, 0.15) is 60.3 Å². The van der Waals surface area contributed by atoms with Gasteiger partial charge < -0.3 is 10.2 Å². The quantitative estimate of drug-likeness (QED) is 0.374. The number of carbonyl (C=O) groups is 1. The van der Waals surface area contributed by atoms with Gasteiger partial charge in [-0.05, 0) is 50.9 Å². The third-order valence-corrected chi connectivity index (χ3v) is 7.90. The summed E-state index contributed by atoms with van der Waals surface area (Å²) in [6.07, 6.45) is 7.70. The smallest absolute Gasteiger partial charge is 0.240 e. The van der Waals surface area contributed by atoms with Gasteiger partial charge >= 0.3 is 0 Å². The van der Waals surface area contributed by atoms with E-state index in [1.165, 1.54) is 26.3 Å². The fourth-order valence-corrected chi connectivity index (χ4v) is 5.37. The van der Waals surface area contributed by atoms with Crippen molar-refractivity contribution in [2.75, 3.05) is 25.5 Å². The number of benzene rings is 1. The Bertz CT molecular complexity index is 993. The molecular weight excluding hydrogens is 557 g/mol. The molecule has 1 aromatic carbocycles. The van der Waals surface area contributed by atoms with Gasteiger partial charge in [0.05, 0.1) is 10.9 Å². The van der Waals surface area contributed by atoms with Crippen molar-refractivity contribution in [3.05, 3.63) is 23.8 Å². The van der Waals surface area contributed by atoms with Gasteiger partial charge in [0.1, 0.15) is 0 Å². The van der Waals surface area contributed by atoms with Crippen LogP contribution >= 0.6 is 24.0 Å². The molecule has 2 aliphatic heterocycles. The fourth-order valence-electron chi connectivity index (χ4n) is 4.61. The molecule has 1 amide bonds. The minimum Gasteiger partial charge on any atom is -0.382 e. The van der Waals surface area contributed by atoms with E-state index in [0.29, 0.717) is 24.0 Å². The van der Waals surface area contributed by atoms with Crippen LogP contribution in [-0.4, -0.2) is 62.4 Å². The summed E-state index contributed by atoms with van der Waals surface area (Å²) in [6, 6.07) is 5.51. The maximum atomic E-state index is 12.4. The van der Waals surface area contributed by atoms with Crippen LogP contribution in [0, 0.1) is 0 Å². The molecule has 1 saturated carbocycles. The summed E-state index contributed by atoms with van der Waals surface area (Å²) >= 11 is 0. The second-order valence-electron chi connectivity index (χ2n) is 8.70. The highest BCUT2D eigenvalue weighted by molar-refractivity contribution is 14.0. The van der Waals surface area contributed by atoms with Crippen LogP contribution < -0.4 is 21.0 Å². The molecule has 0 radical (unpaired) electrons. The van der Waals surface area contributed by atoms with E-state index in [0.717, 1.165) is 37.9 Å². The van der Waals surface area contributed by atoms with Gasteiger partial charge in [0, 0.05) is 40.2 Å². The number of hydrazine groups is 2. The summed E-state index contributed by atoms with van der Waals surface area (Å²) in [5, 5.41) is 9.88. The van der Waals surface area contributed by atoms with Gasteiger partial charge in [0.2, 0.25) is 15.9 Å². The number of anilines is 1. The van der Waals surface area contributed by atoms with Gasteiger partial charge in [-0.1, -0.05) is 19.3 Å². The molecule has 2 heterocycles. The molecule has 1 saturated heterocycles. The van der Waals surface area contributed by atoms with E-state index in [9.17, 15) is 13.2 Å². The number of carbonyl (C=O) groups excluding carboxylic acids is 1. The molecule has 1 aliphatic carbocycles. The molecule has 4 rings (SSSR count). The maximum Gasteiger partial charge on any atom is 0.240 e. The summed E-state index contributed by atoms with van der Waals surface area (Å²) < 4.78 is 27.2. The molecule has 0 bridgehead atoms. The lowest BCUT2D eigenvalue weighted by Gasteiger charge is -2.36. The minimum absolute atomic E-state index is 0. The number of hydrogen-bond acceptors (Lipinski definition) is 8. The monoisotopic (exact) mass is 595 g/mol. The molecule has 0 aromatic heterocycles. The molecule has 1 atom stereocenters. The van der Waals surface area contributed by atoms with Gasteiger partial charge in [-0.15, -0.1) is 34.2 Å². The Morgan fingerprint density at radius 1 is 1.18 bits per heavy atom. The van der Waals surface area contributed by atoms with Gasteiger partial charge in [-0.2, -0.15) is 0 Å². The van der Waals surface area contributed by atoms with Crippen molar-refractivity contribution < 1.29 is 16.1 Å². The molecule has 1 aromatic rings. The first-order valence-corrected chi connectivity index (χ1v) is 12.8. The predicted octanol–water partition coefficient (Wildman–Crippen LogP) is 2.45. The summed E-state index contributed by atoms with van der Waals surface area (Å²) in [7, 11) is -2.19. The molecule has 12 heteroatoms. The third kappa shape index (κ3) is 6.08. The molecule has 4 N–H and O–H groups in total. The van der Waals surface area contributed by atoms with E-state index in [2.05, 4.69) is 26.1 Å². The standard InChI is InChI=1S/C21H33N7O3S.HI.2H2/c1-15(29)27-12-6-9-17(14-27)28-25-21(24-26-28)19-13-18(32(30,31)22-2)10-11-20(19)23-16-7-4-3-5-8-16;;;/h10-11,13,16-17,22-23,26H,3-9,12,14H2,1-2H3,(H,24,25);3*1H. The first kappa shape index (κ1) is 26.0. The Morgan fingerprint density at radius 2 is 1.94 bits per heavy atom. The molecule has 3 aliphatic rings. The van der Waals surface area contributed by atoms with E-state index < -0.39 is 10.0 Å². The van der Waals surface area contributed by atoms with Crippen LogP contribution in [0.25, 0.3) is 0 Å². The fraction of sp³-hybridized carbons (Fsp3) is 0.619. The van der Waals surface area contributed by atoms with Crippen molar-refractivity contribution >= 4 is 51.4 Å². The molecule has 188 valence electrons. The minimum atomic E-state index is -3.59. The van der Waals surface area contributed by atoms with Crippen LogP contribution in [0.15, 0.2) is 28.2 Å². The van der Waals surface area contributed by atoms with Gasteiger partial charge in [-0.25, -0.2) is 18.7 Å². The van der Waals surface area contributed by atoms with E-state index >= 15 is 0 Å². The van der Waals surface area contributed by atoms with E-state index in [-0.39, 0.29) is 43.7 Å². The lowest BCUT2D eigenvalue weighted by molar-refractivity contribution is -0.131. The molecule has 10 nitrogen and oxygen atoms in total. The zero-order valence-corrected chi connectivity index (χ0v) is 22.3. The van der Waals surface area contributed by atoms with Gasteiger partial charge in [-0.3, -0.25) is 10.2 Å². The number of amides is 1. The Kier molecular flexibility index (Phi) is 8.81. The largest absolute Gasteiger partial charge is 0.382 e. The first-order valence-electron chi connectivity index (χ1n) is 11.4. The number of nitrogens with zero attached hydrogens (tertiary/aromatic N) is 3. The number of piperidine rings is 1. The number of rotatable bonds is 6. The Balaban J connectivity index is 0.00000204. The van der Waals surface area contributed by atoms with Crippen molar-refractivity contribution in [3.63, 3.8) is 0 Å². The van der Waals surface area contributed by atoms with E-state index in [1.807, 2.05) is 16.1 Å². The van der Waals surface area contributed by atoms with Crippen LogP contribution in [0.3, 0.4) is 0 Å². The summed E-state index contributed by atoms with van der Waals surface area (Å²) in [5.41, 5.74) is 7.86. The molecule has 1 unspecified atom stereocenters. The van der Waals surface area contributed by atoms with Crippen LogP contribution in [-0.2, 0) is 14.8 Å². The van der Waals surface area contributed by atoms with Gasteiger partial charge in [0.25, 0.3) is 0 Å². The lowest BCUT2D eigenvalue weighted by atomic mass is 9.95. The number of amidine groups is 1. The van der Waals surface area contributed by atoms with Crippen molar-refractivity contribution in [2.45, 2.75) is 68.8 Å². The second kappa shape index (κ2) is 11.2. The number of likely N-dealkylation sites (tertiary alicyclic amines) is 1. The third-order valence-electron chi connectivity index (χ3n) is 6.49. The number of hydrazone groups is 1. The van der Waals surface area contributed by atoms with Crippen molar-refractivity contribution in [2.24, 2.45) is 5.10 Å². The summed E-state index contributed by atoms with van der Waals surface area (Å²) in [4.78, 5) is 13.8. The van der Waals surface area contributed by atoms with Crippen molar-refractivity contribution in [1.29, 1.82) is 0 Å². The highest BCUT2D eigenvalue weighted by Crippen LogP contribution is 2.27. The van der Waals surface area contributed by atoms with Crippen molar-refractivity contribution in [3.8, 4) is 0 Å². The Morgan fingerprint density at radius 3 is 2.64 bits per heavy atom. The Hall–Kier alpha value is -1.64. The van der Waals surface area contributed by atoms with Crippen LogP contribution in [0.4, 0.5) is 5.69 Å². The number of halogens is 1. The number of nitrogens with one attached hydrogen (secondary N) is 4. The van der Waals surface area contributed by atoms with E-state index in [4.69, 9.17) is 0 Å². The highest BCUT2D eigenvalue weighted by atomic mass is 127. The van der Waals surface area contributed by atoms with Crippen molar-refractivity contribution in [1.82, 2.24) is 25.7 Å². The maximum absolute atomic E-state index is 12.4. The SMILES string of the molecule is CNS(=O)(=O)c1ccc(NC2CCCCC2)c(C2=NNN(C3CCCN(C(C)=O)C3)N2)c1.I.[HH].[HH]. The molecule has 33 heavy (non-hydrogen) atoms. The summed E-state index contributed by atoms with van der Waals surface area (Å²) in [5.74, 6) is 0.621. The first-order chi connectivity index (χ1) is 15.4. The zero-order valence-electron chi connectivity index (χ0n) is 19.1. The zero-order chi connectivity index (χ0) is 22.7. The van der Waals surface area contributed by atoms with Gasteiger partial charge in [0.15, 0.2) is 5.84 Å². The lowest BCUT2D eigenvalue weighted by Crippen LogP contribution is -2.56. The van der Waals surface area contributed by atoms with Crippen LogP contribution in [0.2, 0.25) is 0 Å². The topological polar surface area (TPSA) is 118 Å². The Labute approximate surface area is 215 Å². The number of hydrogen-bond donors (Lipinski definition) is 4. The number of sulfonamides is 1. The second-order valence-corrected chi connectivity index (χ2v) is 10.6. The molecule has 0 spiro atoms. The normalized spacial score (nSPS) is 22.1. The molecular formula is C21H38IN7O3S. The average Bonchev–Trinajstić information content (AvgIpc) is 3.30. The average molecular weight is 596 g/mol. The van der Waals surface area contributed by atoms with Crippen LogP contribution in [0.5, 0.6) is 0 Å². The summed E-state index contributed by atoms with van der Waals surface area (Å²) in [6.45, 7) is 2.97. The highest BCUT2D eigenvalue weighted by Gasteiger charge is 2.31. The van der Waals surface area contributed by atoms with E-state index in [1.54, 1.807) is 19.1 Å². The predicted molar refractivity (Wildman–Crippen MR) is 143 cm³/mol.